The molecule has 28 nitrogen and oxygen atoms in total. The number of ketones is 1. The van der Waals surface area contributed by atoms with E-state index in [2.05, 4.69) is 26.6 Å². The van der Waals surface area contributed by atoms with E-state index in [0.29, 0.717) is 0 Å². The van der Waals surface area contributed by atoms with Crippen molar-refractivity contribution >= 4 is 83.1 Å². The number of carbonyl (C=O) groups is 13. The van der Waals surface area contributed by atoms with E-state index in [0.717, 1.165) is 25.0 Å². The molecule has 4 aromatic rings. The summed E-state index contributed by atoms with van der Waals surface area (Å²) in [4.78, 5) is 178. The summed E-state index contributed by atoms with van der Waals surface area (Å²) in [5, 5.41) is 39.3. The predicted molar refractivity (Wildman–Crippen MR) is 367 cm³/mol. The first-order valence-corrected chi connectivity index (χ1v) is 33.9. The number of rotatable bonds is 30. The van der Waals surface area contributed by atoms with Crippen LogP contribution in [-0.2, 0) is 81.2 Å². The highest BCUT2D eigenvalue weighted by atomic mass is 16.6. The number of primary amides is 2. The van der Waals surface area contributed by atoms with Crippen LogP contribution in [0.1, 0.15) is 150 Å². The average molecular weight is 1420 g/mol. The molecule has 3 fully saturated rings. The van der Waals surface area contributed by atoms with Crippen LogP contribution in [0.3, 0.4) is 0 Å². The Hall–Kier alpha value is -10.5. The first-order chi connectivity index (χ1) is 48.7. The number of esters is 5. The number of amides is 7. The Morgan fingerprint density at radius 1 is 0.699 bits per heavy atom. The van der Waals surface area contributed by atoms with Crippen LogP contribution in [0.5, 0.6) is 0 Å². The van der Waals surface area contributed by atoms with Crippen molar-refractivity contribution in [3.63, 3.8) is 0 Å². The molecule has 550 valence electrons. The molecular weight excluding hydrogens is 1330 g/mol. The topological polar surface area (TPSA) is 430 Å². The number of nitrogens with one attached hydrogen (secondary N) is 5. The molecule has 1 aliphatic heterocycles. The summed E-state index contributed by atoms with van der Waals surface area (Å²) in [5.41, 5.74) is 4.72. The zero-order valence-corrected chi connectivity index (χ0v) is 58.6. The molecule has 2 bridgehead atoms. The molecule has 11 N–H and O–H groups in total. The molecule has 14 atom stereocenters. The van der Waals surface area contributed by atoms with Crippen molar-refractivity contribution < 1.29 is 101 Å². The van der Waals surface area contributed by atoms with Crippen LogP contribution in [-0.4, -0.2) is 166 Å². The third-order valence-corrected chi connectivity index (χ3v) is 19.8. The quantitative estimate of drug-likeness (QED) is 0.0118. The highest BCUT2D eigenvalue weighted by molar-refractivity contribution is 5.98. The maximum absolute atomic E-state index is 15.9. The van der Waals surface area contributed by atoms with Gasteiger partial charge in [0.15, 0.2) is 17.5 Å². The fourth-order valence-corrected chi connectivity index (χ4v) is 14.1. The number of aliphatic hydroxyl groups excluding tert-OH is 1. The van der Waals surface area contributed by atoms with Gasteiger partial charge in [0, 0.05) is 63.1 Å². The Kier molecular flexibility index (Phi) is 25.5. The van der Waals surface area contributed by atoms with Gasteiger partial charge >= 0.3 is 29.8 Å². The van der Waals surface area contributed by atoms with Crippen LogP contribution in [0.15, 0.2) is 132 Å². The highest BCUT2D eigenvalue weighted by Crippen LogP contribution is 2.64. The molecule has 1 heterocycles. The Morgan fingerprint density at radius 2 is 1.31 bits per heavy atom. The third-order valence-electron chi connectivity index (χ3n) is 19.8. The van der Waals surface area contributed by atoms with E-state index >= 15 is 9.59 Å². The number of fused-ring (bicyclic) bond motifs is 5. The second-order valence-corrected chi connectivity index (χ2v) is 27.2. The SMILES string of the molecule is CC(=O)O[C@H]1C(=O)[C@@]2(C)[C@H]([C@H](OC(=O)c3ccccc3)[C@]3(O)C[C@H](OC(=O)[C@H](OC(=O)CCC(=O)NCCCCC(NC(=O)CC[C@H](NC(=O)C(C)NC(=O)/C=C/c4ccc(C)cc4)C(N)=O)C(N)=O)[C@@H](NC(=O)c4ccccc4)c4ccccc4)C(C)=C1C3(C)C)[C@]1(OC(C)=O)CO[C@@H]1C[C@@H]2O. The molecule has 4 aromatic carbocycles. The van der Waals surface area contributed by atoms with Crippen molar-refractivity contribution in [2.45, 2.75) is 185 Å². The standard InChI is InChI=1S/C75H89N7O21/c1-41-27-29-46(30-28-41)31-33-56(87)79-43(3)68(93)81-51(67(77)92)32-34-57(88)80-50(66(76)91)26-18-19-37-78-55(86)35-36-58(89)101-62(60(47-20-12-9-13-21-47)82-69(94)48-22-14-10-15-23-48)71(96)100-52-39-75(97)65(102-70(95)49-24-16-11-17-25-49)63-73(8,53(85)38-54-74(63,40-98-54)103-45(5)84)64(90)61(99-44(4)83)59(42(52)2)72(75,6)7/h9-17,20-25,27-31,33,43,50-54,60-63,65,85,97H,18-19,26,32,34-40H2,1-8H3,(H2,76,91)(H2,77,92)(H,78,86)(H,79,87)(H,80,88)(H,81,93)(H,82,94)/b33-31+/t43?,50?,51-,52-,53-,54+,60-,61+,62+,63-,65-,73+,74-,75+/m0/s1. The number of hydrogen-bond donors (Lipinski definition) is 9. The lowest BCUT2D eigenvalue weighted by Crippen LogP contribution is -2.82. The fraction of sp³-hybridized carbons (Fsp3) is 0.453. The lowest BCUT2D eigenvalue weighted by atomic mass is 9.44. The number of nitrogens with two attached hydrogens (primary N) is 2. The average Bonchev–Trinajstić information content (AvgIpc) is 0.669. The lowest BCUT2D eigenvalue weighted by Gasteiger charge is -2.67. The highest BCUT2D eigenvalue weighted by Gasteiger charge is 2.78. The molecule has 0 spiro atoms. The molecule has 0 radical (unpaired) electrons. The molecule has 2 unspecified atom stereocenters. The van der Waals surface area contributed by atoms with Gasteiger partial charge in [0.25, 0.3) is 5.91 Å². The van der Waals surface area contributed by atoms with Gasteiger partial charge in [-0.2, -0.15) is 0 Å². The molecule has 0 aromatic heterocycles. The van der Waals surface area contributed by atoms with E-state index in [1.165, 1.54) is 77.1 Å². The van der Waals surface area contributed by atoms with Gasteiger partial charge in [-0.1, -0.05) is 110 Å². The molecule has 4 aliphatic rings. The van der Waals surface area contributed by atoms with Crippen LogP contribution < -0.4 is 38.1 Å². The monoisotopic (exact) mass is 1420 g/mol. The molecule has 2 saturated carbocycles. The number of hydrogen-bond acceptors (Lipinski definition) is 21. The predicted octanol–water partition coefficient (Wildman–Crippen LogP) is 3.60. The Balaban J connectivity index is 0.982. The van der Waals surface area contributed by atoms with E-state index in [-0.39, 0.29) is 72.9 Å². The number of carbonyl (C=O) groups excluding carboxylic acids is 13. The van der Waals surface area contributed by atoms with Gasteiger partial charge in [-0.25, -0.2) is 9.59 Å². The second kappa shape index (κ2) is 33.6. The largest absolute Gasteiger partial charge is 0.455 e. The molecular formula is C75H89N7O21. The molecule has 7 amide bonds. The zero-order chi connectivity index (χ0) is 75.3. The van der Waals surface area contributed by atoms with E-state index in [9.17, 15) is 63.0 Å². The van der Waals surface area contributed by atoms with Crippen molar-refractivity contribution in [3.8, 4) is 0 Å². The van der Waals surface area contributed by atoms with Crippen molar-refractivity contribution in [2.24, 2.45) is 28.2 Å². The Labute approximate surface area is 595 Å². The number of aryl methyl sites for hydroxylation is 1. The Bertz CT molecular complexity index is 3920. The number of benzene rings is 4. The zero-order valence-electron chi connectivity index (χ0n) is 58.6. The minimum atomic E-state index is -2.57. The normalized spacial score (nSPS) is 24.5. The van der Waals surface area contributed by atoms with E-state index in [1.807, 2.05) is 31.2 Å². The van der Waals surface area contributed by atoms with Crippen LogP contribution in [0.25, 0.3) is 6.08 Å². The lowest BCUT2D eigenvalue weighted by molar-refractivity contribution is -0.346. The molecule has 8 rings (SSSR count). The van der Waals surface area contributed by atoms with Gasteiger partial charge in [0.1, 0.15) is 48.1 Å². The first-order valence-electron chi connectivity index (χ1n) is 33.9. The summed E-state index contributed by atoms with van der Waals surface area (Å²) in [5.74, 6) is -13.3. The van der Waals surface area contributed by atoms with Gasteiger partial charge in [0.05, 0.1) is 36.0 Å². The summed E-state index contributed by atoms with van der Waals surface area (Å²) in [6, 6.07) is 25.5. The maximum atomic E-state index is 15.9. The summed E-state index contributed by atoms with van der Waals surface area (Å²) >= 11 is 0. The van der Waals surface area contributed by atoms with Gasteiger partial charge in [-0.3, -0.25) is 52.7 Å². The van der Waals surface area contributed by atoms with Crippen LogP contribution >= 0.6 is 0 Å². The molecule has 1 saturated heterocycles. The van der Waals surface area contributed by atoms with Crippen molar-refractivity contribution in [3.05, 3.63) is 160 Å². The van der Waals surface area contributed by atoms with Crippen LogP contribution in [0.2, 0.25) is 0 Å². The molecule has 28 heteroatoms. The number of ether oxygens (including phenoxy) is 6. The van der Waals surface area contributed by atoms with Gasteiger partial charge in [-0.05, 0) is 106 Å². The molecule has 3 aliphatic carbocycles. The fourth-order valence-electron chi connectivity index (χ4n) is 14.1. The smallest absolute Gasteiger partial charge is 0.350 e. The first kappa shape index (κ1) is 78.3. The minimum absolute atomic E-state index is 0.00104. The van der Waals surface area contributed by atoms with Crippen molar-refractivity contribution in [2.75, 3.05) is 13.2 Å². The number of Topliss-reactive ketones (excluding diaryl/α,β-unsaturated/α-hetero) is 1. The second-order valence-electron chi connectivity index (χ2n) is 27.2. The summed E-state index contributed by atoms with van der Waals surface area (Å²) < 4.78 is 37.0. The van der Waals surface area contributed by atoms with Crippen molar-refractivity contribution in [1.29, 1.82) is 0 Å². The van der Waals surface area contributed by atoms with Crippen LogP contribution in [0.4, 0.5) is 0 Å². The van der Waals surface area contributed by atoms with Gasteiger partial charge < -0.3 is 76.7 Å². The van der Waals surface area contributed by atoms with E-state index in [4.69, 9.17) is 39.9 Å². The minimum Gasteiger partial charge on any atom is -0.455 e. The summed E-state index contributed by atoms with van der Waals surface area (Å²) in [6.07, 6.45) is -10.1. The van der Waals surface area contributed by atoms with E-state index < -0.39 is 192 Å². The van der Waals surface area contributed by atoms with Crippen molar-refractivity contribution in [1.82, 2.24) is 26.6 Å². The summed E-state index contributed by atoms with van der Waals surface area (Å²) in [6.45, 7) is 10.9. The third kappa shape index (κ3) is 18.1. The maximum Gasteiger partial charge on any atom is 0.350 e. The van der Waals surface area contributed by atoms with Crippen LogP contribution in [0, 0.1) is 23.7 Å². The number of unbranched alkanes of at least 4 members (excludes halogenated alkanes) is 1. The van der Waals surface area contributed by atoms with Gasteiger partial charge in [-0.15, -0.1) is 0 Å². The summed E-state index contributed by atoms with van der Waals surface area (Å²) in [7, 11) is 0. The number of aliphatic hydroxyl groups is 2. The Morgan fingerprint density at radius 3 is 1.90 bits per heavy atom. The van der Waals surface area contributed by atoms with Gasteiger partial charge in [0.2, 0.25) is 41.5 Å². The van der Waals surface area contributed by atoms with E-state index in [1.54, 1.807) is 60.7 Å². The molecule has 103 heavy (non-hydrogen) atoms.